The summed E-state index contributed by atoms with van der Waals surface area (Å²) in [6, 6.07) is 5.76. The van der Waals surface area contributed by atoms with Crippen LogP contribution in [0.3, 0.4) is 0 Å². The van der Waals surface area contributed by atoms with E-state index in [1.165, 1.54) is 18.6 Å². The number of hydrogen-bond donors (Lipinski definition) is 3. The minimum Gasteiger partial charge on any atom is -0.454 e. The van der Waals surface area contributed by atoms with Gasteiger partial charge in [0.15, 0.2) is 22.4 Å². The third-order valence-corrected chi connectivity index (χ3v) is 13.9. The van der Waals surface area contributed by atoms with Gasteiger partial charge in [0.05, 0.1) is 18.8 Å². The molecule has 1 aromatic carbocycles. The molecule has 3 heterocycles. The summed E-state index contributed by atoms with van der Waals surface area (Å²) in [5, 5.41) is 19.6. The van der Waals surface area contributed by atoms with Gasteiger partial charge in [0.1, 0.15) is 0 Å². The number of aliphatic hydroxyl groups excluding tert-OH is 1. The molecule has 3 N–H and O–H groups in total. The Morgan fingerprint density at radius 2 is 1.86 bits per heavy atom. The standard InChI is InChI=1S/C35H49N3O5S/c1-19-9-12-35(42-17-19)20(2)31-29(43-35)15-26-24-7-5-21-13-23(39)10-11-33(21,3)25(24)16-30(34(26,31)4)37-38-32(44)36-22-6-8-27-28(14-22)41-18-40-27/h6,8,14,19-21,23-26,29,31,39H,5,7,9-13,15-18H2,1-4H3,(H2,36,38,44)/b37-30+/t19-,20+,21+,23+,24-,25+,26+,29+,31+,33+,34-,35-/m1/s1. The van der Waals surface area contributed by atoms with Crippen LogP contribution in [0.2, 0.25) is 0 Å². The number of hydrogen-bond acceptors (Lipinski definition) is 7. The molecule has 0 bridgehead atoms. The van der Waals surface area contributed by atoms with Gasteiger partial charge in [-0.2, -0.15) is 5.10 Å². The van der Waals surface area contributed by atoms with E-state index in [1.807, 2.05) is 18.2 Å². The van der Waals surface area contributed by atoms with E-state index in [-0.39, 0.29) is 29.8 Å². The number of hydrazone groups is 1. The van der Waals surface area contributed by atoms with Crippen LogP contribution in [0, 0.1) is 52.3 Å². The van der Waals surface area contributed by atoms with Crippen LogP contribution in [-0.4, -0.2) is 47.3 Å². The summed E-state index contributed by atoms with van der Waals surface area (Å²) in [6.07, 6.45) is 9.66. The molecule has 12 atom stereocenters. The molecule has 44 heavy (non-hydrogen) atoms. The normalized spacial score (nSPS) is 47.9. The molecule has 1 spiro atoms. The molecule has 0 radical (unpaired) electrons. The summed E-state index contributed by atoms with van der Waals surface area (Å²) in [5.41, 5.74) is 5.50. The SMILES string of the molecule is C[C@@H]1CC[C@@]2(OC1)O[C@H]1C[C@H]3[C@@H]4CC[C@H]5C[C@@H](O)CC[C@]5(C)[C@H]4C/C(=N\NC(=S)Nc4ccc5c(c4)OCO5)[C@]3(C)[C@H]1[C@@H]2C. The molecule has 2 saturated heterocycles. The molecule has 4 aliphatic carbocycles. The van der Waals surface area contributed by atoms with Crippen molar-refractivity contribution in [1.29, 1.82) is 0 Å². The molecule has 0 amide bonds. The van der Waals surface area contributed by atoms with Gasteiger partial charge in [0.2, 0.25) is 6.79 Å². The lowest BCUT2D eigenvalue weighted by molar-refractivity contribution is -0.272. The van der Waals surface area contributed by atoms with Gasteiger partial charge in [0, 0.05) is 41.1 Å². The maximum atomic E-state index is 10.6. The quantitative estimate of drug-likeness (QED) is 0.255. The van der Waals surface area contributed by atoms with Gasteiger partial charge >= 0.3 is 0 Å². The molecule has 8 rings (SSSR count). The zero-order valence-electron chi connectivity index (χ0n) is 26.6. The summed E-state index contributed by atoms with van der Waals surface area (Å²) in [7, 11) is 0. The van der Waals surface area contributed by atoms with E-state index in [0.717, 1.165) is 68.7 Å². The molecule has 0 unspecified atom stereocenters. The highest BCUT2D eigenvalue weighted by Gasteiger charge is 2.71. The molecule has 3 aliphatic heterocycles. The van der Waals surface area contributed by atoms with E-state index >= 15 is 0 Å². The van der Waals surface area contributed by atoms with Gasteiger partial charge in [-0.1, -0.05) is 27.7 Å². The van der Waals surface area contributed by atoms with Crippen LogP contribution in [0.15, 0.2) is 23.3 Å². The Labute approximate surface area is 267 Å². The van der Waals surface area contributed by atoms with Crippen molar-refractivity contribution in [2.24, 2.45) is 57.4 Å². The van der Waals surface area contributed by atoms with Crippen LogP contribution < -0.4 is 20.2 Å². The zero-order valence-corrected chi connectivity index (χ0v) is 27.5. The largest absolute Gasteiger partial charge is 0.454 e. The van der Waals surface area contributed by atoms with E-state index in [9.17, 15) is 5.11 Å². The number of benzene rings is 1. The van der Waals surface area contributed by atoms with Crippen molar-refractivity contribution in [2.75, 3.05) is 18.7 Å². The van der Waals surface area contributed by atoms with Gasteiger partial charge in [-0.3, -0.25) is 5.43 Å². The van der Waals surface area contributed by atoms with Crippen molar-refractivity contribution in [3.63, 3.8) is 0 Å². The second kappa shape index (κ2) is 10.5. The summed E-state index contributed by atoms with van der Waals surface area (Å²) >= 11 is 5.78. The molecule has 8 nitrogen and oxygen atoms in total. The number of anilines is 1. The van der Waals surface area contributed by atoms with Gasteiger partial charge in [-0.15, -0.1) is 0 Å². The summed E-state index contributed by atoms with van der Waals surface area (Å²) in [5.74, 6) is 4.54. The number of nitrogens with zero attached hydrogens (tertiary/aromatic N) is 1. The van der Waals surface area contributed by atoms with E-state index in [0.29, 0.717) is 46.5 Å². The van der Waals surface area contributed by atoms with Crippen LogP contribution in [0.25, 0.3) is 0 Å². The Hall–Kier alpha value is -1.94. The molecule has 7 aliphatic rings. The lowest BCUT2D eigenvalue weighted by Gasteiger charge is -2.61. The monoisotopic (exact) mass is 623 g/mol. The minimum atomic E-state index is -0.468. The van der Waals surface area contributed by atoms with Crippen molar-refractivity contribution in [3.8, 4) is 11.5 Å². The number of thiocarbonyl (C=S) groups is 1. The molecule has 6 fully saturated rings. The second-order valence-corrected chi connectivity index (χ2v) is 16.1. The predicted molar refractivity (Wildman–Crippen MR) is 172 cm³/mol. The Morgan fingerprint density at radius 3 is 2.68 bits per heavy atom. The Bertz CT molecular complexity index is 1350. The minimum absolute atomic E-state index is 0.0973. The van der Waals surface area contributed by atoms with Gasteiger partial charge in [0.25, 0.3) is 0 Å². The molecule has 9 heteroatoms. The summed E-state index contributed by atoms with van der Waals surface area (Å²) in [4.78, 5) is 0. The predicted octanol–water partition coefficient (Wildman–Crippen LogP) is 6.48. The van der Waals surface area contributed by atoms with E-state index in [2.05, 4.69) is 38.4 Å². The maximum absolute atomic E-state index is 10.6. The first-order valence-corrected chi connectivity index (χ1v) is 17.5. The van der Waals surface area contributed by atoms with Crippen molar-refractivity contribution >= 4 is 28.7 Å². The van der Waals surface area contributed by atoms with Gasteiger partial charge in [-0.05, 0) is 111 Å². The smallest absolute Gasteiger partial charge is 0.231 e. The fraction of sp³-hybridized carbons (Fsp3) is 0.771. The highest BCUT2D eigenvalue weighted by atomic mass is 32.1. The van der Waals surface area contributed by atoms with E-state index in [4.69, 9.17) is 36.3 Å². The first-order chi connectivity index (χ1) is 21.1. The Balaban J connectivity index is 1.11. The van der Waals surface area contributed by atoms with Crippen LogP contribution in [0.5, 0.6) is 11.5 Å². The molecule has 1 aromatic rings. The fourth-order valence-corrected chi connectivity index (χ4v) is 11.5. The molecule has 0 aromatic heterocycles. The topological polar surface area (TPSA) is 93.6 Å². The van der Waals surface area contributed by atoms with Crippen molar-refractivity contribution < 1.29 is 24.1 Å². The third kappa shape index (κ3) is 4.39. The summed E-state index contributed by atoms with van der Waals surface area (Å²) < 4.78 is 24.7. The second-order valence-electron chi connectivity index (χ2n) is 15.7. The van der Waals surface area contributed by atoms with Gasteiger partial charge < -0.3 is 29.4 Å². The summed E-state index contributed by atoms with van der Waals surface area (Å²) in [6.45, 7) is 10.7. The van der Waals surface area contributed by atoms with Crippen molar-refractivity contribution in [3.05, 3.63) is 18.2 Å². The van der Waals surface area contributed by atoms with Crippen LogP contribution in [0.4, 0.5) is 5.69 Å². The number of ether oxygens (including phenoxy) is 4. The van der Waals surface area contributed by atoms with E-state index in [1.54, 1.807) is 0 Å². The number of fused-ring (bicyclic) bond motifs is 8. The van der Waals surface area contributed by atoms with Crippen LogP contribution >= 0.6 is 12.2 Å². The average Bonchev–Trinajstić information content (AvgIpc) is 3.66. The van der Waals surface area contributed by atoms with Crippen molar-refractivity contribution in [1.82, 2.24) is 5.43 Å². The maximum Gasteiger partial charge on any atom is 0.231 e. The first kappa shape index (κ1) is 29.5. The molecule has 4 saturated carbocycles. The molecular formula is C35H49N3O5S. The highest BCUT2D eigenvalue weighted by molar-refractivity contribution is 7.80. The van der Waals surface area contributed by atoms with Crippen LogP contribution in [0.1, 0.15) is 85.5 Å². The lowest BCUT2D eigenvalue weighted by Crippen LogP contribution is -2.58. The molecular weight excluding hydrogens is 574 g/mol. The van der Waals surface area contributed by atoms with Gasteiger partial charge in [-0.25, -0.2) is 0 Å². The molecule has 240 valence electrons. The first-order valence-electron chi connectivity index (χ1n) is 17.1. The fourth-order valence-electron chi connectivity index (χ4n) is 11.4. The van der Waals surface area contributed by atoms with Crippen LogP contribution in [-0.2, 0) is 9.47 Å². The van der Waals surface area contributed by atoms with Crippen molar-refractivity contribution in [2.45, 2.75) is 103 Å². The van der Waals surface area contributed by atoms with E-state index < -0.39 is 5.79 Å². The lowest BCUT2D eigenvalue weighted by atomic mass is 9.44. The zero-order chi connectivity index (χ0) is 30.4. The Morgan fingerprint density at radius 1 is 1.02 bits per heavy atom. The Kier molecular flexibility index (Phi) is 7.06. The average molecular weight is 624 g/mol. The number of nitrogens with one attached hydrogen (secondary N) is 2. The number of rotatable bonds is 2. The number of aliphatic hydroxyl groups is 1. The third-order valence-electron chi connectivity index (χ3n) is 13.7. The highest BCUT2D eigenvalue weighted by Crippen LogP contribution is 2.70.